The number of aliphatic hydroxyl groups excluding tert-OH is 2. The smallest absolute Gasteiger partial charge is 0.267 e. The first kappa shape index (κ1) is 31.8. The predicted octanol–water partition coefficient (Wildman–Crippen LogP) is 5.82. The molecule has 0 saturated heterocycles. The zero-order valence-electron chi connectivity index (χ0n) is 25.8. The van der Waals surface area contributed by atoms with Crippen LogP contribution in [0.1, 0.15) is 57.8 Å². The van der Waals surface area contributed by atoms with E-state index in [0.29, 0.717) is 36.7 Å². The molecule has 4 aromatic carbocycles. The molecule has 2 unspecified atom stereocenters. The van der Waals surface area contributed by atoms with Crippen molar-refractivity contribution in [3.8, 4) is 11.5 Å². The highest BCUT2D eigenvalue weighted by molar-refractivity contribution is 5.98. The van der Waals surface area contributed by atoms with Crippen LogP contribution in [0.5, 0.6) is 11.5 Å². The Hall–Kier alpha value is -4.63. The quantitative estimate of drug-likeness (QED) is 0.102. The standard InChI is InChI=1S/C37H41N3O5/c1-3-31(38-22-34(42)27-14-16-36(30(19-27)23-41)45-24-25-9-5-4-6-10-25)18-26-13-15-32-29(17-26)20-33(40-32)37(43)39-21-28-11-7-8-12-35(28)44-2/h4-17,19-20,31,34,38,40-42H,3,18,21-24H2,1-2H3,(H,39,43). The molecule has 0 aliphatic carbocycles. The second-order valence-corrected chi connectivity index (χ2v) is 11.1. The molecular formula is C37H41N3O5. The fourth-order valence-electron chi connectivity index (χ4n) is 5.40. The zero-order valence-corrected chi connectivity index (χ0v) is 25.8. The van der Waals surface area contributed by atoms with Gasteiger partial charge in [0.2, 0.25) is 0 Å². The number of carbonyl (C=O) groups excluding carboxylic acids is 1. The topological polar surface area (TPSA) is 116 Å². The lowest BCUT2D eigenvalue weighted by molar-refractivity contribution is 0.0946. The number of rotatable bonds is 15. The first-order valence-electron chi connectivity index (χ1n) is 15.3. The summed E-state index contributed by atoms with van der Waals surface area (Å²) < 4.78 is 11.3. The van der Waals surface area contributed by atoms with Gasteiger partial charge in [-0.25, -0.2) is 0 Å². The average Bonchev–Trinajstić information content (AvgIpc) is 3.52. The highest BCUT2D eigenvalue weighted by Gasteiger charge is 2.16. The summed E-state index contributed by atoms with van der Waals surface area (Å²) in [7, 11) is 1.62. The second kappa shape index (κ2) is 15.4. The summed E-state index contributed by atoms with van der Waals surface area (Å²) >= 11 is 0. The number of methoxy groups -OCH3 is 1. The predicted molar refractivity (Wildman–Crippen MR) is 176 cm³/mol. The number of carbonyl (C=O) groups is 1. The van der Waals surface area contributed by atoms with E-state index in [1.807, 2.05) is 78.9 Å². The van der Waals surface area contributed by atoms with E-state index in [9.17, 15) is 15.0 Å². The van der Waals surface area contributed by atoms with Crippen molar-refractivity contribution in [3.05, 3.63) is 131 Å². The summed E-state index contributed by atoms with van der Waals surface area (Å²) in [5.74, 6) is 1.16. The van der Waals surface area contributed by atoms with Crippen LogP contribution in [0.4, 0.5) is 0 Å². The number of amides is 1. The molecule has 1 amide bonds. The number of benzene rings is 4. The van der Waals surface area contributed by atoms with E-state index in [4.69, 9.17) is 9.47 Å². The van der Waals surface area contributed by atoms with Crippen molar-refractivity contribution in [2.75, 3.05) is 13.7 Å². The van der Waals surface area contributed by atoms with Gasteiger partial charge in [0.15, 0.2) is 0 Å². The molecule has 0 aliphatic heterocycles. The molecule has 5 aromatic rings. The summed E-state index contributed by atoms with van der Waals surface area (Å²) in [5, 5.41) is 28.3. The minimum atomic E-state index is -0.739. The molecule has 0 spiro atoms. The van der Waals surface area contributed by atoms with Crippen molar-refractivity contribution in [1.29, 1.82) is 0 Å². The van der Waals surface area contributed by atoms with Crippen molar-refractivity contribution in [2.24, 2.45) is 0 Å². The van der Waals surface area contributed by atoms with Crippen molar-refractivity contribution in [3.63, 3.8) is 0 Å². The molecule has 0 aliphatic rings. The normalized spacial score (nSPS) is 12.5. The zero-order chi connectivity index (χ0) is 31.6. The van der Waals surface area contributed by atoms with E-state index in [-0.39, 0.29) is 18.6 Å². The monoisotopic (exact) mass is 607 g/mol. The van der Waals surface area contributed by atoms with Crippen LogP contribution >= 0.6 is 0 Å². The molecule has 5 N–H and O–H groups in total. The maximum atomic E-state index is 12.9. The van der Waals surface area contributed by atoms with Crippen molar-refractivity contribution >= 4 is 16.8 Å². The van der Waals surface area contributed by atoms with Gasteiger partial charge in [-0.1, -0.05) is 67.6 Å². The molecule has 0 radical (unpaired) electrons. The van der Waals surface area contributed by atoms with E-state index >= 15 is 0 Å². The number of ether oxygens (including phenoxy) is 2. The van der Waals surface area contributed by atoms with Gasteiger partial charge in [-0.05, 0) is 65.9 Å². The Morgan fingerprint density at radius 1 is 0.889 bits per heavy atom. The van der Waals surface area contributed by atoms with Crippen LogP contribution in [0.2, 0.25) is 0 Å². The average molecular weight is 608 g/mol. The van der Waals surface area contributed by atoms with Crippen LogP contribution in [0.15, 0.2) is 97.1 Å². The molecule has 1 heterocycles. The number of H-pyrrole nitrogens is 1. The number of aromatic amines is 1. The van der Waals surface area contributed by atoms with Crippen molar-refractivity contribution in [1.82, 2.24) is 15.6 Å². The Morgan fingerprint density at radius 3 is 2.47 bits per heavy atom. The van der Waals surface area contributed by atoms with E-state index in [1.165, 1.54) is 0 Å². The van der Waals surface area contributed by atoms with E-state index in [1.54, 1.807) is 13.2 Å². The van der Waals surface area contributed by atoms with Crippen LogP contribution < -0.4 is 20.1 Å². The molecule has 1 aromatic heterocycles. The van der Waals surface area contributed by atoms with Gasteiger partial charge in [0.1, 0.15) is 23.8 Å². The van der Waals surface area contributed by atoms with Gasteiger partial charge >= 0.3 is 0 Å². The van der Waals surface area contributed by atoms with Gasteiger partial charge in [-0.3, -0.25) is 4.79 Å². The Kier molecular flexibility index (Phi) is 10.9. The summed E-state index contributed by atoms with van der Waals surface area (Å²) in [6, 6.07) is 31.1. The largest absolute Gasteiger partial charge is 0.496 e. The SMILES string of the molecule is CCC(Cc1ccc2[nH]c(C(=O)NCc3ccccc3OC)cc2c1)NCC(O)c1ccc(OCc2ccccc2)c(CO)c1. The van der Waals surface area contributed by atoms with Gasteiger partial charge in [0.05, 0.1) is 19.8 Å². The lowest BCUT2D eigenvalue weighted by atomic mass is 10.0. The molecule has 0 bridgehead atoms. The molecule has 8 heteroatoms. The number of aromatic nitrogens is 1. The van der Waals surface area contributed by atoms with Gasteiger partial charge in [-0.2, -0.15) is 0 Å². The Morgan fingerprint density at radius 2 is 1.69 bits per heavy atom. The summed E-state index contributed by atoms with van der Waals surface area (Å²) in [5.41, 5.74) is 5.85. The number of hydrogen-bond acceptors (Lipinski definition) is 6. The molecule has 2 atom stereocenters. The molecule has 5 rings (SSSR count). The van der Waals surface area contributed by atoms with Gasteiger partial charge < -0.3 is 35.3 Å². The van der Waals surface area contributed by atoms with Crippen molar-refractivity contribution < 1.29 is 24.5 Å². The summed E-state index contributed by atoms with van der Waals surface area (Å²) in [6.45, 7) is 3.08. The Bertz CT molecular complexity index is 1700. The maximum absolute atomic E-state index is 12.9. The molecule has 234 valence electrons. The first-order valence-corrected chi connectivity index (χ1v) is 15.3. The number of hydrogen-bond donors (Lipinski definition) is 5. The van der Waals surface area contributed by atoms with E-state index < -0.39 is 6.10 Å². The molecular weight excluding hydrogens is 566 g/mol. The lowest BCUT2D eigenvalue weighted by Gasteiger charge is -2.21. The van der Waals surface area contributed by atoms with Crippen LogP contribution in [0, 0.1) is 0 Å². The minimum Gasteiger partial charge on any atom is -0.496 e. The molecule has 8 nitrogen and oxygen atoms in total. The number of fused-ring (bicyclic) bond motifs is 1. The molecule has 0 fully saturated rings. The lowest BCUT2D eigenvalue weighted by Crippen LogP contribution is -2.34. The fourth-order valence-corrected chi connectivity index (χ4v) is 5.40. The maximum Gasteiger partial charge on any atom is 0.267 e. The molecule has 45 heavy (non-hydrogen) atoms. The van der Waals surface area contributed by atoms with Gasteiger partial charge in [-0.15, -0.1) is 0 Å². The minimum absolute atomic E-state index is 0.144. The fraction of sp³-hybridized carbons (Fsp3) is 0.270. The number of aliphatic hydroxyl groups is 2. The third-order valence-corrected chi connectivity index (χ3v) is 8.01. The van der Waals surface area contributed by atoms with E-state index in [2.05, 4.69) is 34.7 Å². The van der Waals surface area contributed by atoms with Gasteiger partial charge in [0.25, 0.3) is 5.91 Å². The highest BCUT2D eigenvalue weighted by Crippen LogP contribution is 2.25. The Labute approximate surface area is 264 Å². The highest BCUT2D eigenvalue weighted by atomic mass is 16.5. The van der Waals surface area contributed by atoms with Crippen LogP contribution in [0.3, 0.4) is 0 Å². The Balaban J connectivity index is 1.16. The summed E-state index contributed by atoms with van der Waals surface area (Å²) in [6.07, 6.45) is 0.910. The molecule has 0 saturated carbocycles. The number of nitrogens with one attached hydrogen (secondary N) is 3. The van der Waals surface area contributed by atoms with E-state index in [0.717, 1.165) is 51.7 Å². The van der Waals surface area contributed by atoms with Gasteiger partial charge in [0, 0.05) is 41.2 Å². The van der Waals surface area contributed by atoms with Crippen LogP contribution in [0.25, 0.3) is 10.9 Å². The van der Waals surface area contributed by atoms with Crippen LogP contribution in [-0.4, -0.2) is 40.8 Å². The first-order chi connectivity index (χ1) is 22.0. The third kappa shape index (κ3) is 8.30. The summed E-state index contributed by atoms with van der Waals surface area (Å²) in [4.78, 5) is 16.1. The number of para-hydroxylation sites is 1. The van der Waals surface area contributed by atoms with Crippen LogP contribution in [-0.2, 0) is 26.2 Å². The van der Waals surface area contributed by atoms with Crippen molar-refractivity contribution in [2.45, 2.75) is 51.7 Å². The third-order valence-electron chi connectivity index (χ3n) is 8.01. The second-order valence-electron chi connectivity index (χ2n) is 11.1.